The van der Waals surface area contributed by atoms with Crippen LogP contribution in [0, 0.1) is 25.1 Å². The summed E-state index contributed by atoms with van der Waals surface area (Å²) in [6.45, 7) is 11.9. The number of nitrogens with one attached hydrogen (secondary N) is 3. The fourth-order valence-corrected chi connectivity index (χ4v) is 10.5. The van der Waals surface area contributed by atoms with Crippen molar-refractivity contribution < 1.29 is 42.9 Å². The van der Waals surface area contributed by atoms with Crippen molar-refractivity contribution in [1.29, 1.82) is 0 Å². The van der Waals surface area contributed by atoms with Crippen molar-refractivity contribution in [1.82, 2.24) is 35.1 Å². The molecule has 4 heterocycles. The molecule has 3 unspecified atom stereocenters. The Bertz CT molecular complexity index is 3410. The molecule has 3 aromatic heterocycles. The Labute approximate surface area is 456 Å². The SMILES string of the molecule is CCc1ccc2c(c1)c(=O)c(C(=O)Nc1ccc(Oc3ncnc4cc(OCCCCCCCC(=O)NC(C(=O)N5CC(O)CC5C(=O)NCc5ccc(-c6scnc6C)cc5)C(C)(C)C)c(OC)cc34)c(F)c1)c(C)n2C. The number of carbonyl (C=O) groups is 4. The second kappa shape index (κ2) is 24.7. The molecule has 4 aromatic carbocycles. The van der Waals surface area contributed by atoms with Gasteiger partial charge in [0.2, 0.25) is 29.0 Å². The molecule has 0 bridgehead atoms. The van der Waals surface area contributed by atoms with Gasteiger partial charge in [-0.2, -0.15) is 0 Å². The fourth-order valence-electron chi connectivity index (χ4n) is 9.66. The Morgan fingerprint density at radius 2 is 1.63 bits per heavy atom. The number of likely N-dealkylation sites (tertiary alicyclic amines) is 1. The molecule has 1 saturated heterocycles. The third-order valence-electron chi connectivity index (χ3n) is 14.2. The second-order valence-corrected chi connectivity index (χ2v) is 21.6. The van der Waals surface area contributed by atoms with Gasteiger partial charge >= 0.3 is 0 Å². The normalized spacial score (nSPS) is 14.8. The van der Waals surface area contributed by atoms with Crippen LogP contribution >= 0.6 is 11.3 Å². The van der Waals surface area contributed by atoms with Crippen molar-refractivity contribution in [3.05, 3.63) is 129 Å². The van der Waals surface area contributed by atoms with Crippen molar-refractivity contribution in [2.24, 2.45) is 12.5 Å². The predicted molar refractivity (Wildman–Crippen MR) is 299 cm³/mol. The number of anilines is 1. The summed E-state index contributed by atoms with van der Waals surface area (Å²) in [6, 6.07) is 19.0. The van der Waals surface area contributed by atoms with E-state index < -0.39 is 46.7 Å². The lowest BCUT2D eigenvalue weighted by molar-refractivity contribution is -0.144. The predicted octanol–water partition coefficient (Wildman–Crippen LogP) is 9.51. The maximum absolute atomic E-state index is 15.6. The van der Waals surface area contributed by atoms with Crippen LogP contribution < -0.4 is 35.6 Å². The monoisotopic (exact) mass is 1080 g/mol. The highest BCUT2D eigenvalue weighted by molar-refractivity contribution is 7.13. The largest absolute Gasteiger partial charge is 0.493 e. The molecule has 0 aliphatic carbocycles. The quantitative estimate of drug-likeness (QED) is 0.0495. The average molecular weight is 1080 g/mol. The summed E-state index contributed by atoms with van der Waals surface area (Å²) < 4.78 is 35.2. The van der Waals surface area contributed by atoms with Gasteiger partial charge in [0.15, 0.2) is 23.1 Å². The average Bonchev–Trinajstić information content (AvgIpc) is 4.06. The van der Waals surface area contributed by atoms with Crippen molar-refractivity contribution in [2.45, 2.75) is 118 Å². The molecule has 8 rings (SSSR count). The number of hydrogen-bond donors (Lipinski definition) is 4. The van der Waals surface area contributed by atoms with Crippen LogP contribution in [0.1, 0.15) is 106 Å². The molecular formula is C59H67FN8O9S. The van der Waals surface area contributed by atoms with Gasteiger partial charge in [0.1, 0.15) is 24.0 Å². The lowest BCUT2D eigenvalue weighted by atomic mass is 9.85. The van der Waals surface area contributed by atoms with E-state index in [-0.39, 0.29) is 60.6 Å². The number of methoxy groups -OCH3 is 1. The van der Waals surface area contributed by atoms with Crippen molar-refractivity contribution >= 4 is 62.5 Å². The number of thiazole rings is 1. The summed E-state index contributed by atoms with van der Waals surface area (Å²) in [6.07, 6.45) is 5.25. The number of β-amino-alcohol motifs (C(OH)–C–C–N with tert-alkyl or cyclic N) is 1. The molecule has 4 N–H and O–H groups in total. The molecule has 3 atom stereocenters. The molecular weight excluding hydrogens is 1020 g/mol. The lowest BCUT2D eigenvalue weighted by Crippen LogP contribution is -2.57. The van der Waals surface area contributed by atoms with E-state index in [1.807, 2.05) is 76.5 Å². The van der Waals surface area contributed by atoms with Gasteiger partial charge in [-0.15, -0.1) is 11.3 Å². The molecule has 4 amide bonds. The fraction of sp³-hybridized carbons (Fsp3) is 0.390. The molecule has 1 aliphatic rings. The minimum Gasteiger partial charge on any atom is -0.493 e. The Hall–Kier alpha value is -7.77. The summed E-state index contributed by atoms with van der Waals surface area (Å²) in [4.78, 5) is 83.4. The second-order valence-electron chi connectivity index (χ2n) is 20.8. The number of amides is 4. The van der Waals surface area contributed by atoms with E-state index in [0.717, 1.165) is 65.4 Å². The van der Waals surface area contributed by atoms with Crippen LogP contribution in [0.4, 0.5) is 10.1 Å². The first-order valence-electron chi connectivity index (χ1n) is 26.3. The van der Waals surface area contributed by atoms with E-state index in [1.54, 1.807) is 48.1 Å². The van der Waals surface area contributed by atoms with Crippen molar-refractivity contribution in [2.75, 3.05) is 25.6 Å². The number of pyridine rings is 1. The van der Waals surface area contributed by atoms with Crippen LogP contribution in [0.2, 0.25) is 0 Å². The Kier molecular flexibility index (Phi) is 17.9. The first-order chi connectivity index (χ1) is 37.3. The van der Waals surface area contributed by atoms with E-state index in [4.69, 9.17) is 14.2 Å². The zero-order valence-electron chi connectivity index (χ0n) is 45.3. The zero-order chi connectivity index (χ0) is 55.8. The highest BCUT2D eigenvalue weighted by atomic mass is 32.1. The third kappa shape index (κ3) is 13.0. The number of unbranched alkanes of at least 4 members (excludes halogenated alkanes) is 4. The van der Waals surface area contributed by atoms with Crippen LogP contribution in [-0.2, 0) is 34.4 Å². The number of benzene rings is 4. The maximum Gasteiger partial charge on any atom is 0.261 e. The van der Waals surface area contributed by atoms with E-state index in [1.165, 1.54) is 30.5 Å². The van der Waals surface area contributed by atoms with Crippen LogP contribution in [0.5, 0.6) is 23.1 Å². The van der Waals surface area contributed by atoms with E-state index in [0.29, 0.717) is 52.0 Å². The summed E-state index contributed by atoms with van der Waals surface area (Å²) >= 11 is 1.57. The number of rotatable bonds is 21. The number of hydrogen-bond acceptors (Lipinski definition) is 13. The number of ether oxygens (including phenoxy) is 3. The molecule has 0 radical (unpaired) electrons. The first kappa shape index (κ1) is 56.4. The summed E-state index contributed by atoms with van der Waals surface area (Å²) in [5.41, 5.74) is 6.36. The molecule has 17 nitrogen and oxygen atoms in total. The number of aliphatic hydroxyl groups excluding tert-OH is 1. The van der Waals surface area contributed by atoms with Crippen molar-refractivity contribution in [3.8, 4) is 33.6 Å². The van der Waals surface area contributed by atoms with Crippen LogP contribution in [0.3, 0.4) is 0 Å². The third-order valence-corrected chi connectivity index (χ3v) is 15.2. The number of carbonyl (C=O) groups excluding carboxylic acids is 4. The number of aryl methyl sites for hydroxylation is 3. The van der Waals surface area contributed by atoms with Gasteiger partial charge in [0.05, 0.1) is 52.3 Å². The molecule has 410 valence electrons. The first-order valence-corrected chi connectivity index (χ1v) is 27.1. The molecule has 78 heavy (non-hydrogen) atoms. The highest BCUT2D eigenvalue weighted by Crippen LogP contribution is 2.37. The Morgan fingerprint density at radius 3 is 2.33 bits per heavy atom. The number of nitrogens with zero attached hydrogens (tertiary/aromatic N) is 5. The lowest BCUT2D eigenvalue weighted by Gasteiger charge is -2.35. The minimum atomic E-state index is -0.910. The molecule has 1 fully saturated rings. The molecule has 7 aromatic rings. The van der Waals surface area contributed by atoms with Gasteiger partial charge in [-0.05, 0) is 85.5 Å². The summed E-state index contributed by atoms with van der Waals surface area (Å²) in [5, 5.41) is 20.1. The van der Waals surface area contributed by atoms with Crippen molar-refractivity contribution in [3.63, 3.8) is 0 Å². The Morgan fingerprint density at radius 1 is 0.885 bits per heavy atom. The zero-order valence-corrected chi connectivity index (χ0v) is 46.1. The maximum atomic E-state index is 15.6. The van der Waals surface area contributed by atoms with Gasteiger partial charge in [0, 0.05) is 61.9 Å². The van der Waals surface area contributed by atoms with E-state index >= 15 is 4.39 Å². The van der Waals surface area contributed by atoms with Crippen LogP contribution in [0.15, 0.2) is 89.4 Å². The minimum absolute atomic E-state index is 0.00550. The number of halogens is 1. The standard InChI is InChI=1S/C59H67FN8O9S/c1-9-36-18-22-45-42(25-36)52(71)51(35(3)67(45)7)56(73)65-39-21-23-47(43(60)26-39)77-57-41-28-48(75-8)49(29-44(41)62-32-63-57)76-24-14-12-10-11-13-15-50(70)66-54(59(4,5)6)58(74)68-31-40(69)27-46(68)55(72)61-30-37-16-19-38(20-17-37)53-34(2)64-33-78-53/h16-23,25-26,28-29,32-33,40,46,54,69H,9-15,24,27,30-31H2,1-8H3,(H,61,72)(H,65,73)(H,66,70). The highest BCUT2D eigenvalue weighted by Gasteiger charge is 2.44. The van der Waals surface area contributed by atoms with Gasteiger partial charge in [-0.25, -0.2) is 19.3 Å². The van der Waals surface area contributed by atoms with E-state index in [9.17, 15) is 29.1 Å². The van der Waals surface area contributed by atoms with E-state index in [2.05, 4.69) is 30.9 Å². The number of aromatic nitrogens is 4. The Balaban J connectivity index is 0.786. The van der Waals surface area contributed by atoms with Gasteiger partial charge in [-0.1, -0.05) is 77.3 Å². The summed E-state index contributed by atoms with van der Waals surface area (Å²) in [5.74, 6) is -1.72. The smallest absolute Gasteiger partial charge is 0.261 e. The van der Waals surface area contributed by atoms with Gasteiger partial charge in [-0.3, -0.25) is 24.0 Å². The van der Waals surface area contributed by atoms with Crippen LogP contribution in [0.25, 0.3) is 32.2 Å². The number of aliphatic hydroxyl groups is 1. The van der Waals surface area contributed by atoms with Crippen LogP contribution in [-0.4, -0.2) is 91.6 Å². The van der Waals surface area contributed by atoms with Gasteiger partial charge < -0.3 is 44.7 Å². The van der Waals surface area contributed by atoms with Gasteiger partial charge in [0.25, 0.3) is 5.91 Å². The molecule has 0 spiro atoms. The molecule has 0 saturated carbocycles. The summed E-state index contributed by atoms with van der Waals surface area (Å²) in [7, 11) is 3.29. The number of fused-ring (bicyclic) bond motifs is 2. The topological polar surface area (TPSA) is 216 Å². The molecule has 1 aliphatic heterocycles. The molecule has 19 heteroatoms.